The van der Waals surface area contributed by atoms with Gasteiger partial charge >= 0.3 is 0 Å². The van der Waals surface area contributed by atoms with Gasteiger partial charge in [-0.2, -0.15) is 0 Å². The Morgan fingerprint density at radius 1 is 1.05 bits per heavy atom. The average molecular weight is 312 g/mol. The van der Waals surface area contributed by atoms with Crippen molar-refractivity contribution in [3.8, 4) is 0 Å². The Balaban J connectivity index is 1.71. The van der Waals surface area contributed by atoms with Crippen LogP contribution in [0.2, 0.25) is 0 Å². The largest absolute Gasteiger partial charge is 0.367 e. The van der Waals surface area contributed by atoms with Crippen molar-refractivity contribution in [1.82, 2.24) is 9.88 Å². The molecule has 0 unspecified atom stereocenters. The van der Waals surface area contributed by atoms with Crippen molar-refractivity contribution in [3.05, 3.63) is 71.8 Å². The minimum Gasteiger partial charge on any atom is -0.367 e. The van der Waals surface area contributed by atoms with Crippen molar-refractivity contribution in [2.45, 2.75) is 0 Å². The summed E-state index contributed by atoms with van der Waals surface area (Å²) in [6, 6.07) is 13.6. The number of hydrogen-bond donors (Lipinski definition) is 1. The Morgan fingerprint density at radius 3 is 2.59 bits per heavy atom. The first-order valence-corrected chi connectivity index (χ1v) is 7.14. The van der Waals surface area contributed by atoms with Gasteiger partial charge in [-0.05, 0) is 24.3 Å². The summed E-state index contributed by atoms with van der Waals surface area (Å²) in [4.78, 5) is 14.5. The number of halogens is 1. The van der Waals surface area contributed by atoms with Crippen LogP contribution in [-0.2, 0) is 0 Å². The van der Waals surface area contributed by atoms with Crippen LogP contribution in [0.3, 0.4) is 0 Å². The van der Waals surface area contributed by atoms with E-state index in [1.54, 1.807) is 29.8 Å². The Kier molecular flexibility index (Phi) is 4.46. The van der Waals surface area contributed by atoms with E-state index in [9.17, 15) is 0 Å². The number of nitrogens with zero attached hydrogens (tertiary/aromatic N) is 4. The normalized spacial score (nSPS) is 14.1. The smallest absolute Gasteiger partial charge is 0.161 e. The Labute approximate surface area is 133 Å². The van der Waals surface area contributed by atoms with Crippen molar-refractivity contribution in [3.63, 3.8) is 0 Å². The highest BCUT2D eigenvalue weighted by Gasteiger charge is 2.09. The highest BCUT2D eigenvalue weighted by atomic mass is 35.5. The summed E-state index contributed by atoms with van der Waals surface area (Å²) in [5.41, 5.74) is 1.91. The van der Waals surface area contributed by atoms with Crippen LogP contribution in [0.25, 0.3) is 0 Å². The summed E-state index contributed by atoms with van der Waals surface area (Å²) < 4.78 is 0. The fourth-order valence-electron chi connectivity index (χ4n) is 1.90. The summed E-state index contributed by atoms with van der Waals surface area (Å²) in [5.74, 6) is 0.600. The van der Waals surface area contributed by atoms with Gasteiger partial charge in [-0.1, -0.05) is 29.8 Å². The van der Waals surface area contributed by atoms with Crippen LogP contribution in [-0.4, -0.2) is 28.7 Å². The standard InChI is InChI=1S/C16H14ClN5/c17-15-10-19-16(13-6-8-18-9-7-13)21-12-22(15)11-20-14-4-2-1-3-5-14/h1-10,12,20H,11H2. The molecule has 2 heterocycles. The molecular weight excluding hydrogens is 298 g/mol. The highest BCUT2D eigenvalue weighted by molar-refractivity contribution is 6.30. The van der Waals surface area contributed by atoms with E-state index in [0.717, 1.165) is 11.3 Å². The third kappa shape index (κ3) is 3.51. The first-order valence-electron chi connectivity index (χ1n) is 6.76. The molecule has 1 aliphatic heterocycles. The molecule has 2 aromatic rings. The molecule has 0 amide bonds. The van der Waals surface area contributed by atoms with E-state index in [-0.39, 0.29) is 0 Å². The van der Waals surface area contributed by atoms with Gasteiger partial charge in [-0.15, -0.1) is 0 Å². The van der Waals surface area contributed by atoms with E-state index < -0.39 is 0 Å². The van der Waals surface area contributed by atoms with Crippen molar-refractivity contribution < 1.29 is 0 Å². The van der Waals surface area contributed by atoms with E-state index in [0.29, 0.717) is 17.7 Å². The van der Waals surface area contributed by atoms with E-state index >= 15 is 0 Å². The number of benzene rings is 1. The molecule has 0 atom stereocenters. The molecule has 1 aromatic heterocycles. The zero-order valence-electron chi connectivity index (χ0n) is 11.7. The number of aromatic nitrogens is 1. The number of nitrogens with one attached hydrogen (secondary N) is 1. The van der Waals surface area contributed by atoms with E-state index in [4.69, 9.17) is 11.6 Å². The number of amidine groups is 1. The molecule has 0 spiro atoms. The second kappa shape index (κ2) is 6.87. The van der Waals surface area contributed by atoms with Crippen LogP contribution >= 0.6 is 11.6 Å². The maximum Gasteiger partial charge on any atom is 0.161 e. The molecule has 0 fully saturated rings. The average Bonchev–Trinajstić information content (AvgIpc) is 2.77. The molecule has 0 saturated carbocycles. The molecule has 5 nitrogen and oxygen atoms in total. The molecule has 1 aromatic carbocycles. The van der Waals surface area contributed by atoms with Crippen LogP contribution in [0.5, 0.6) is 0 Å². The fraction of sp³-hybridized carbons (Fsp3) is 0.0625. The third-order valence-corrected chi connectivity index (χ3v) is 3.37. The molecule has 0 radical (unpaired) electrons. The lowest BCUT2D eigenvalue weighted by Gasteiger charge is -2.18. The number of hydrogen-bond acceptors (Lipinski definition) is 5. The quantitative estimate of drug-likeness (QED) is 0.882. The van der Waals surface area contributed by atoms with Crippen LogP contribution in [0, 0.1) is 0 Å². The van der Waals surface area contributed by atoms with Gasteiger partial charge in [0.25, 0.3) is 0 Å². The lowest BCUT2D eigenvalue weighted by molar-refractivity contribution is 0.600. The summed E-state index contributed by atoms with van der Waals surface area (Å²) in [6.07, 6.45) is 6.68. The van der Waals surface area contributed by atoms with Gasteiger partial charge in [0, 0.05) is 23.6 Å². The summed E-state index contributed by atoms with van der Waals surface area (Å²) >= 11 is 6.24. The van der Waals surface area contributed by atoms with Crippen LogP contribution in [0.1, 0.15) is 5.56 Å². The molecule has 0 saturated heterocycles. The molecular formula is C16H14ClN5. The van der Waals surface area contributed by atoms with Gasteiger partial charge in [-0.3, -0.25) is 4.98 Å². The predicted octanol–water partition coefficient (Wildman–Crippen LogP) is 3.28. The van der Waals surface area contributed by atoms with Crippen LogP contribution < -0.4 is 5.32 Å². The van der Waals surface area contributed by atoms with Gasteiger partial charge in [-0.25, -0.2) is 9.98 Å². The second-order valence-corrected chi connectivity index (χ2v) is 4.94. The topological polar surface area (TPSA) is 52.9 Å². The number of aliphatic imine (C=N–C) groups is 2. The van der Waals surface area contributed by atoms with Gasteiger partial charge in [0.15, 0.2) is 5.84 Å². The van der Waals surface area contributed by atoms with Gasteiger partial charge < -0.3 is 10.2 Å². The highest BCUT2D eigenvalue weighted by Crippen LogP contribution is 2.14. The van der Waals surface area contributed by atoms with Gasteiger partial charge in [0.2, 0.25) is 0 Å². The molecule has 6 heteroatoms. The fourth-order valence-corrected chi connectivity index (χ4v) is 2.05. The number of rotatable bonds is 4. The number of pyridine rings is 1. The molecule has 0 bridgehead atoms. The maximum absolute atomic E-state index is 6.24. The zero-order chi connectivity index (χ0) is 15.2. The second-order valence-electron chi connectivity index (χ2n) is 4.56. The summed E-state index contributed by atoms with van der Waals surface area (Å²) in [5, 5.41) is 3.77. The third-order valence-electron chi connectivity index (χ3n) is 3.05. The maximum atomic E-state index is 6.24. The molecule has 22 heavy (non-hydrogen) atoms. The zero-order valence-corrected chi connectivity index (χ0v) is 12.5. The summed E-state index contributed by atoms with van der Waals surface area (Å²) in [7, 11) is 0. The van der Waals surface area contributed by atoms with Crippen LogP contribution in [0.4, 0.5) is 5.69 Å². The van der Waals surface area contributed by atoms with Gasteiger partial charge in [0.05, 0.1) is 19.2 Å². The molecule has 1 N–H and O–H groups in total. The number of para-hydroxylation sites is 1. The molecule has 110 valence electrons. The Bertz CT molecular complexity index is 710. The predicted molar refractivity (Wildman–Crippen MR) is 90.0 cm³/mol. The van der Waals surface area contributed by atoms with Crippen molar-refractivity contribution >= 4 is 29.5 Å². The number of anilines is 1. The lowest BCUT2D eigenvalue weighted by Crippen LogP contribution is -2.25. The van der Waals surface area contributed by atoms with Crippen molar-refractivity contribution in [2.24, 2.45) is 9.98 Å². The molecule has 0 aliphatic carbocycles. The SMILES string of the molecule is ClC1=CN=C(c2ccncc2)N=CN1CNc1ccccc1. The first-order chi connectivity index (χ1) is 10.8. The van der Waals surface area contributed by atoms with Crippen molar-refractivity contribution in [1.29, 1.82) is 0 Å². The first kappa shape index (κ1) is 14.3. The minimum absolute atomic E-state index is 0.497. The summed E-state index contributed by atoms with van der Waals surface area (Å²) in [6.45, 7) is 0.502. The Hall–Kier alpha value is -2.66. The van der Waals surface area contributed by atoms with E-state index in [1.165, 1.54) is 0 Å². The minimum atomic E-state index is 0.497. The van der Waals surface area contributed by atoms with Crippen molar-refractivity contribution in [2.75, 3.05) is 12.0 Å². The lowest BCUT2D eigenvalue weighted by atomic mass is 10.2. The van der Waals surface area contributed by atoms with E-state index in [1.807, 2.05) is 42.5 Å². The van der Waals surface area contributed by atoms with Gasteiger partial charge in [0.1, 0.15) is 5.16 Å². The monoisotopic (exact) mass is 311 g/mol. The van der Waals surface area contributed by atoms with Crippen LogP contribution in [0.15, 0.2) is 76.2 Å². The van der Waals surface area contributed by atoms with E-state index in [2.05, 4.69) is 20.3 Å². The molecule has 1 aliphatic rings. The Morgan fingerprint density at radius 2 is 1.82 bits per heavy atom. The molecule has 3 rings (SSSR count).